The zero-order chi connectivity index (χ0) is 20.6. The molecule has 3 rings (SSSR count). The number of amides is 1. The van der Waals surface area contributed by atoms with Crippen molar-refractivity contribution in [3.8, 4) is 0 Å². The van der Waals surface area contributed by atoms with E-state index in [1.54, 1.807) is 6.92 Å². The number of aromatic nitrogens is 5. The number of aryl methyl sites for hydroxylation is 3. The number of nitrogens with zero attached hydrogens (tertiary/aromatic N) is 4. The van der Waals surface area contributed by atoms with E-state index in [0.717, 1.165) is 24.2 Å². The second-order valence-corrected chi connectivity index (χ2v) is 6.90. The van der Waals surface area contributed by atoms with Gasteiger partial charge in [0.25, 0.3) is 11.7 Å². The highest BCUT2D eigenvalue weighted by molar-refractivity contribution is 5.96. The van der Waals surface area contributed by atoms with Crippen LogP contribution in [0, 0.1) is 6.92 Å². The fourth-order valence-corrected chi connectivity index (χ4v) is 3.29. The van der Waals surface area contributed by atoms with E-state index in [4.69, 9.17) is 9.47 Å². The Morgan fingerprint density at radius 3 is 2.90 bits per heavy atom. The van der Waals surface area contributed by atoms with Gasteiger partial charge in [0.2, 0.25) is 0 Å². The molecule has 0 radical (unpaired) electrons. The maximum Gasteiger partial charge on any atom is 0.378 e. The number of nitrogens with one attached hydrogen (secondary N) is 2. The zero-order valence-electron chi connectivity index (χ0n) is 17.0. The van der Waals surface area contributed by atoms with Crippen LogP contribution in [-0.4, -0.2) is 63.2 Å². The van der Waals surface area contributed by atoms with Crippen LogP contribution in [0.5, 0.6) is 0 Å². The summed E-state index contributed by atoms with van der Waals surface area (Å²) >= 11 is 0. The van der Waals surface area contributed by atoms with E-state index < -0.39 is 5.97 Å². The van der Waals surface area contributed by atoms with E-state index in [9.17, 15) is 9.59 Å². The molecule has 0 atom stereocenters. The Hall–Kier alpha value is -2.75. The molecule has 1 aliphatic rings. The third-order valence-corrected chi connectivity index (χ3v) is 4.67. The van der Waals surface area contributed by atoms with Gasteiger partial charge in [-0.3, -0.25) is 14.6 Å². The fraction of sp³-hybridized carbons (Fsp3) is 0.632. The summed E-state index contributed by atoms with van der Waals surface area (Å²) in [7, 11) is 0. The maximum atomic E-state index is 12.7. The molecule has 0 aromatic carbocycles. The van der Waals surface area contributed by atoms with Crippen molar-refractivity contribution in [1.29, 1.82) is 0 Å². The third-order valence-electron chi connectivity index (χ3n) is 4.67. The topological polar surface area (TPSA) is 124 Å². The van der Waals surface area contributed by atoms with Gasteiger partial charge in [-0.05, 0) is 32.6 Å². The highest BCUT2D eigenvalue weighted by Crippen LogP contribution is 2.19. The minimum Gasteiger partial charge on any atom is -0.460 e. The molecule has 0 saturated heterocycles. The zero-order valence-corrected chi connectivity index (χ0v) is 17.0. The number of rotatable bonds is 6. The van der Waals surface area contributed by atoms with Crippen LogP contribution in [0.15, 0.2) is 0 Å². The van der Waals surface area contributed by atoms with Gasteiger partial charge in [-0.1, -0.05) is 6.92 Å². The van der Waals surface area contributed by atoms with Gasteiger partial charge in [0, 0.05) is 32.7 Å². The summed E-state index contributed by atoms with van der Waals surface area (Å²) in [6.45, 7) is 6.38. The molecule has 0 bridgehead atoms. The van der Waals surface area contributed by atoms with E-state index >= 15 is 0 Å². The number of esters is 1. The molecule has 0 unspecified atom stereocenters. The van der Waals surface area contributed by atoms with Gasteiger partial charge in [0.15, 0.2) is 0 Å². The lowest BCUT2D eigenvalue weighted by Gasteiger charge is -2.09. The Morgan fingerprint density at radius 2 is 2.14 bits per heavy atom. The minimum atomic E-state index is -0.556. The molecule has 2 N–H and O–H groups in total. The van der Waals surface area contributed by atoms with Gasteiger partial charge < -0.3 is 14.8 Å². The summed E-state index contributed by atoms with van der Waals surface area (Å²) in [4.78, 5) is 28.6. The molecule has 0 fully saturated rings. The fourth-order valence-electron chi connectivity index (χ4n) is 3.29. The number of ether oxygens (including phenoxy) is 2. The monoisotopic (exact) mass is 404 g/mol. The van der Waals surface area contributed by atoms with E-state index in [-0.39, 0.29) is 18.3 Å². The van der Waals surface area contributed by atoms with Crippen molar-refractivity contribution >= 4 is 11.9 Å². The number of H-pyrrole nitrogens is 1. The van der Waals surface area contributed by atoms with Crippen molar-refractivity contribution in [2.45, 2.75) is 52.5 Å². The van der Waals surface area contributed by atoms with Crippen LogP contribution < -0.4 is 5.32 Å². The first-order valence-electron chi connectivity index (χ1n) is 10.1. The number of fused-ring (bicyclic) bond motifs is 1. The normalized spacial score (nSPS) is 15.3. The lowest BCUT2D eigenvalue weighted by atomic mass is 10.1. The van der Waals surface area contributed by atoms with Crippen LogP contribution in [0.1, 0.15) is 64.4 Å². The molecule has 10 heteroatoms. The lowest BCUT2D eigenvalue weighted by Crippen LogP contribution is -2.26. The van der Waals surface area contributed by atoms with Crippen LogP contribution in [0.3, 0.4) is 0 Å². The molecular weight excluding hydrogens is 376 g/mol. The van der Waals surface area contributed by atoms with Crippen molar-refractivity contribution in [3.05, 3.63) is 28.6 Å². The van der Waals surface area contributed by atoms with Gasteiger partial charge in [0.1, 0.15) is 5.82 Å². The summed E-state index contributed by atoms with van der Waals surface area (Å²) < 4.78 is 12.7. The first kappa shape index (κ1) is 21.0. The third kappa shape index (κ3) is 5.41. The average Bonchev–Trinajstić information content (AvgIpc) is 3.29. The Kier molecular flexibility index (Phi) is 7.34. The molecule has 0 aliphatic carbocycles. The largest absolute Gasteiger partial charge is 0.460 e. The molecule has 3 heterocycles. The number of carbonyl (C=O) groups is 2. The van der Waals surface area contributed by atoms with E-state index in [1.807, 2.05) is 11.6 Å². The summed E-state index contributed by atoms with van der Waals surface area (Å²) in [6, 6.07) is 0. The highest BCUT2D eigenvalue weighted by atomic mass is 16.5. The van der Waals surface area contributed by atoms with Gasteiger partial charge in [-0.15, -0.1) is 5.10 Å². The summed E-state index contributed by atoms with van der Waals surface area (Å²) in [5.41, 5.74) is 2.40. The number of hydrogen-bond donors (Lipinski definition) is 2. The summed E-state index contributed by atoms with van der Waals surface area (Å²) in [5, 5.41) is 14.0. The highest BCUT2D eigenvalue weighted by Gasteiger charge is 2.23. The minimum absolute atomic E-state index is 0.0278. The quantitative estimate of drug-likeness (QED) is 0.547. The smallest absolute Gasteiger partial charge is 0.378 e. The SMILES string of the molecule is CCc1nn(CCCOC(=O)c2n[nH]c(C)n2)c2c1C(=O)NCCCOCCC2. The van der Waals surface area contributed by atoms with Crippen molar-refractivity contribution < 1.29 is 19.1 Å². The van der Waals surface area contributed by atoms with Crippen LogP contribution in [0.25, 0.3) is 0 Å². The van der Waals surface area contributed by atoms with Crippen LogP contribution in [0.2, 0.25) is 0 Å². The standard InChI is InChI=1S/C19H28N6O4/c1-3-14-16-15(7-4-10-28-11-5-8-20-18(16)26)25(24-14)9-6-12-29-19(27)17-21-13(2)22-23-17/h3-12H2,1-2H3,(H,20,26)(H,21,22,23). The van der Waals surface area contributed by atoms with Gasteiger partial charge in [-0.25, -0.2) is 9.78 Å². The molecule has 29 heavy (non-hydrogen) atoms. The van der Waals surface area contributed by atoms with Crippen molar-refractivity contribution in [3.63, 3.8) is 0 Å². The molecule has 2 aromatic heterocycles. The first-order valence-corrected chi connectivity index (χ1v) is 10.1. The molecule has 1 aliphatic heterocycles. The van der Waals surface area contributed by atoms with Crippen molar-refractivity contribution in [1.82, 2.24) is 30.3 Å². The number of hydrogen-bond acceptors (Lipinski definition) is 7. The predicted molar refractivity (Wildman–Crippen MR) is 104 cm³/mol. The Balaban J connectivity index is 1.65. The maximum absolute atomic E-state index is 12.7. The molecule has 2 aromatic rings. The van der Waals surface area contributed by atoms with E-state index in [2.05, 4.69) is 25.6 Å². The Labute approximate surface area is 169 Å². The Bertz CT molecular complexity index is 844. The van der Waals surface area contributed by atoms with Crippen molar-refractivity contribution in [2.75, 3.05) is 26.4 Å². The molecule has 10 nitrogen and oxygen atoms in total. The first-order chi connectivity index (χ1) is 14.1. The van der Waals surface area contributed by atoms with Crippen LogP contribution in [-0.2, 0) is 28.9 Å². The predicted octanol–water partition coefficient (Wildman–Crippen LogP) is 1.20. The van der Waals surface area contributed by atoms with Crippen molar-refractivity contribution in [2.24, 2.45) is 0 Å². The average molecular weight is 404 g/mol. The van der Waals surface area contributed by atoms with Gasteiger partial charge in [-0.2, -0.15) is 5.10 Å². The molecule has 0 saturated carbocycles. The molecular formula is C19H28N6O4. The molecule has 0 spiro atoms. The second-order valence-electron chi connectivity index (χ2n) is 6.90. The van der Waals surface area contributed by atoms with Crippen LogP contribution in [0.4, 0.5) is 0 Å². The second kappa shape index (κ2) is 10.1. The molecule has 1 amide bonds. The summed E-state index contributed by atoms with van der Waals surface area (Å²) in [6.07, 6.45) is 3.59. The van der Waals surface area contributed by atoms with E-state index in [1.165, 1.54) is 0 Å². The summed E-state index contributed by atoms with van der Waals surface area (Å²) in [5.74, 6) is -0.0414. The molecule has 158 valence electrons. The lowest BCUT2D eigenvalue weighted by molar-refractivity contribution is 0.0480. The van der Waals surface area contributed by atoms with Crippen LogP contribution >= 0.6 is 0 Å². The van der Waals surface area contributed by atoms with Gasteiger partial charge in [0.05, 0.1) is 23.6 Å². The van der Waals surface area contributed by atoms with E-state index in [0.29, 0.717) is 57.0 Å². The number of carbonyl (C=O) groups excluding carboxylic acids is 2. The number of aromatic amines is 1. The Morgan fingerprint density at radius 1 is 1.31 bits per heavy atom. The van der Waals surface area contributed by atoms with Gasteiger partial charge >= 0.3 is 5.97 Å².